The van der Waals surface area contributed by atoms with Crippen LogP contribution >= 0.6 is 0 Å². The van der Waals surface area contributed by atoms with Crippen molar-refractivity contribution in [3.8, 4) is 0 Å². The van der Waals surface area contributed by atoms with E-state index >= 15 is 0 Å². The van der Waals surface area contributed by atoms with Crippen molar-refractivity contribution in [3.05, 3.63) is 23.0 Å². The molecule has 0 aromatic carbocycles. The first-order valence-electron chi connectivity index (χ1n) is 3.73. The Morgan fingerprint density at radius 2 is 2.38 bits per heavy atom. The van der Waals surface area contributed by atoms with E-state index in [0.717, 1.165) is 0 Å². The fourth-order valence-corrected chi connectivity index (χ4v) is 1.40. The highest BCUT2D eigenvalue weighted by Crippen LogP contribution is 2.43. The van der Waals surface area contributed by atoms with Crippen LogP contribution in [-0.2, 0) is 17.1 Å². The van der Waals surface area contributed by atoms with Crippen molar-refractivity contribution >= 4 is 5.97 Å². The van der Waals surface area contributed by atoms with E-state index in [1.54, 1.807) is 0 Å². The summed E-state index contributed by atoms with van der Waals surface area (Å²) < 4.78 is 29.8. The van der Waals surface area contributed by atoms with Gasteiger partial charge in [-0.15, -0.1) is 0 Å². The van der Waals surface area contributed by atoms with E-state index in [9.17, 15) is 13.6 Å². The van der Waals surface area contributed by atoms with Gasteiger partial charge in [0.05, 0.1) is 12.8 Å². The minimum Gasteiger partial charge on any atom is -0.464 e. The average Bonchev–Trinajstić information content (AvgIpc) is 2.43. The van der Waals surface area contributed by atoms with Crippen LogP contribution in [0.3, 0.4) is 0 Å². The standard InChI is InChI=1S/C8H7F2NO2/c1-13-7(12)5-2-4-3-8(9,10)6(4)11-5/h2,11H,3H2,1H3. The molecule has 0 amide bonds. The van der Waals surface area contributed by atoms with Crippen LogP contribution in [0.4, 0.5) is 8.78 Å². The Kier molecular flexibility index (Phi) is 1.46. The van der Waals surface area contributed by atoms with E-state index in [4.69, 9.17) is 0 Å². The van der Waals surface area contributed by atoms with Gasteiger partial charge in [0.2, 0.25) is 0 Å². The molecular weight excluding hydrogens is 180 g/mol. The van der Waals surface area contributed by atoms with Crippen LogP contribution in [0.2, 0.25) is 0 Å². The van der Waals surface area contributed by atoms with Crippen LogP contribution in [0.1, 0.15) is 21.7 Å². The molecule has 0 spiro atoms. The highest BCUT2D eigenvalue weighted by atomic mass is 19.3. The van der Waals surface area contributed by atoms with Crippen LogP contribution < -0.4 is 0 Å². The lowest BCUT2D eigenvalue weighted by molar-refractivity contribution is -0.0327. The maximum absolute atomic E-state index is 12.7. The number of aromatic nitrogens is 1. The summed E-state index contributed by atoms with van der Waals surface area (Å²) in [5, 5.41) is 0. The van der Waals surface area contributed by atoms with Gasteiger partial charge in [0.25, 0.3) is 5.92 Å². The molecule has 1 aromatic rings. The van der Waals surface area contributed by atoms with Gasteiger partial charge >= 0.3 is 5.97 Å². The molecule has 1 aromatic heterocycles. The van der Waals surface area contributed by atoms with E-state index < -0.39 is 11.9 Å². The second-order valence-corrected chi connectivity index (χ2v) is 2.96. The van der Waals surface area contributed by atoms with Gasteiger partial charge in [-0.2, -0.15) is 8.78 Å². The highest BCUT2D eigenvalue weighted by Gasteiger charge is 2.46. The molecule has 1 aliphatic rings. The van der Waals surface area contributed by atoms with Crippen LogP contribution in [0.5, 0.6) is 0 Å². The number of nitrogens with one attached hydrogen (secondary N) is 1. The number of rotatable bonds is 1. The van der Waals surface area contributed by atoms with Crippen LogP contribution in [0.15, 0.2) is 6.07 Å². The van der Waals surface area contributed by atoms with Crippen molar-refractivity contribution in [2.75, 3.05) is 7.11 Å². The summed E-state index contributed by atoms with van der Waals surface area (Å²) in [4.78, 5) is 13.3. The summed E-state index contributed by atoms with van der Waals surface area (Å²) in [6.45, 7) is 0. The fourth-order valence-electron chi connectivity index (χ4n) is 1.40. The Labute approximate surface area is 72.7 Å². The second kappa shape index (κ2) is 2.31. The first kappa shape index (κ1) is 8.22. The lowest BCUT2D eigenvalue weighted by atomic mass is 9.92. The Balaban J connectivity index is 2.35. The molecule has 0 unspecified atom stereocenters. The Hall–Kier alpha value is -1.39. The molecule has 1 heterocycles. The van der Waals surface area contributed by atoms with Gasteiger partial charge < -0.3 is 9.72 Å². The van der Waals surface area contributed by atoms with Crippen molar-refractivity contribution in [1.29, 1.82) is 0 Å². The van der Waals surface area contributed by atoms with Gasteiger partial charge in [-0.05, 0) is 11.6 Å². The first-order chi connectivity index (χ1) is 6.04. The molecule has 0 atom stereocenters. The van der Waals surface area contributed by atoms with Gasteiger partial charge in [-0.1, -0.05) is 0 Å². The second-order valence-electron chi connectivity index (χ2n) is 2.96. The number of fused-ring (bicyclic) bond motifs is 1. The smallest absolute Gasteiger partial charge is 0.354 e. The van der Waals surface area contributed by atoms with Crippen molar-refractivity contribution in [1.82, 2.24) is 4.98 Å². The minimum absolute atomic E-state index is 0.0877. The third-order valence-electron chi connectivity index (χ3n) is 2.08. The topological polar surface area (TPSA) is 42.1 Å². The largest absolute Gasteiger partial charge is 0.464 e. The number of carbonyl (C=O) groups is 1. The van der Waals surface area contributed by atoms with E-state index in [-0.39, 0.29) is 17.8 Å². The summed E-state index contributed by atoms with van der Waals surface area (Å²) in [7, 11) is 1.21. The third-order valence-corrected chi connectivity index (χ3v) is 2.08. The highest BCUT2D eigenvalue weighted by molar-refractivity contribution is 5.88. The number of hydrogen-bond donors (Lipinski definition) is 1. The number of H-pyrrole nitrogens is 1. The summed E-state index contributed by atoms with van der Waals surface area (Å²) >= 11 is 0. The SMILES string of the molecule is COC(=O)c1cc2c([nH]1)C(F)(F)C2. The van der Waals surface area contributed by atoms with Crippen molar-refractivity contribution in [3.63, 3.8) is 0 Å². The summed E-state index contributed by atoms with van der Waals surface area (Å²) in [5.41, 5.74) is 0.419. The molecule has 1 N–H and O–H groups in total. The lowest BCUT2D eigenvalue weighted by Crippen LogP contribution is -2.28. The fraction of sp³-hybridized carbons (Fsp3) is 0.375. The summed E-state index contributed by atoms with van der Waals surface area (Å²) in [6.07, 6.45) is -0.296. The predicted octanol–water partition coefficient (Wildman–Crippen LogP) is 1.45. The molecule has 0 saturated heterocycles. The molecule has 13 heavy (non-hydrogen) atoms. The Bertz CT molecular complexity index is 370. The quantitative estimate of drug-likeness (QED) is 0.676. The van der Waals surface area contributed by atoms with Gasteiger partial charge in [0, 0.05) is 6.42 Å². The zero-order valence-electron chi connectivity index (χ0n) is 6.86. The molecule has 0 fully saturated rings. The van der Waals surface area contributed by atoms with Gasteiger partial charge in [0.1, 0.15) is 5.69 Å². The van der Waals surface area contributed by atoms with Crippen LogP contribution in [0, 0.1) is 0 Å². The zero-order valence-corrected chi connectivity index (χ0v) is 6.86. The average molecular weight is 187 g/mol. The summed E-state index contributed by atoms with van der Waals surface area (Å²) in [5.74, 6) is -3.42. The summed E-state index contributed by atoms with van der Waals surface area (Å²) in [6, 6.07) is 1.40. The number of aromatic amines is 1. The van der Waals surface area contributed by atoms with E-state index in [1.165, 1.54) is 13.2 Å². The van der Waals surface area contributed by atoms with Gasteiger partial charge in [-0.25, -0.2) is 4.79 Å². The lowest BCUT2D eigenvalue weighted by Gasteiger charge is -2.25. The van der Waals surface area contributed by atoms with Crippen LogP contribution in [0.25, 0.3) is 0 Å². The number of methoxy groups -OCH3 is 1. The van der Waals surface area contributed by atoms with Gasteiger partial charge in [0.15, 0.2) is 0 Å². The Morgan fingerprint density at radius 3 is 2.85 bits per heavy atom. The molecule has 1 aliphatic carbocycles. The van der Waals surface area contributed by atoms with E-state index in [0.29, 0.717) is 5.56 Å². The molecule has 2 rings (SSSR count). The maximum atomic E-state index is 12.7. The molecule has 0 saturated carbocycles. The number of carbonyl (C=O) groups excluding carboxylic acids is 1. The third kappa shape index (κ3) is 1.03. The van der Waals surface area contributed by atoms with Crippen LogP contribution in [-0.4, -0.2) is 18.1 Å². The van der Waals surface area contributed by atoms with Crippen molar-refractivity contribution in [2.45, 2.75) is 12.3 Å². The zero-order chi connectivity index (χ0) is 9.64. The number of hydrogen-bond acceptors (Lipinski definition) is 2. The van der Waals surface area contributed by atoms with E-state index in [1.807, 2.05) is 0 Å². The number of esters is 1. The molecule has 5 heteroatoms. The van der Waals surface area contributed by atoms with Crippen molar-refractivity contribution in [2.24, 2.45) is 0 Å². The Morgan fingerprint density at radius 1 is 1.69 bits per heavy atom. The van der Waals surface area contributed by atoms with Gasteiger partial charge in [-0.3, -0.25) is 0 Å². The first-order valence-corrected chi connectivity index (χ1v) is 3.73. The molecule has 0 radical (unpaired) electrons. The van der Waals surface area contributed by atoms with Crippen molar-refractivity contribution < 1.29 is 18.3 Å². The van der Waals surface area contributed by atoms with E-state index in [2.05, 4.69) is 9.72 Å². The predicted molar refractivity (Wildman–Crippen MR) is 39.7 cm³/mol. The number of alkyl halides is 2. The molecule has 70 valence electrons. The minimum atomic E-state index is -2.80. The number of ether oxygens (including phenoxy) is 1. The molecule has 0 aliphatic heterocycles. The maximum Gasteiger partial charge on any atom is 0.354 e. The molecular formula is C8H7F2NO2. The molecule has 0 bridgehead atoms. The molecule has 3 nitrogen and oxygen atoms in total. The normalized spacial score (nSPS) is 17.5. The number of halogens is 2. The monoisotopic (exact) mass is 187 g/mol.